The van der Waals surface area contributed by atoms with E-state index in [0.717, 1.165) is 31.4 Å². The van der Waals surface area contributed by atoms with E-state index >= 15 is 0 Å². The van der Waals surface area contributed by atoms with Crippen molar-refractivity contribution >= 4 is 5.78 Å². The van der Waals surface area contributed by atoms with Gasteiger partial charge in [0.15, 0.2) is 5.78 Å². The lowest BCUT2D eigenvalue weighted by Crippen LogP contribution is -1.96. The van der Waals surface area contributed by atoms with Gasteiger partial charge >= 0.3 is 0 Å². The van der Waals surface area contributed by atoms with Crippen molar-refractivity contribution in [2.45, 2.75) is 32.6 Å². The summed E-state index contributed by atoms with van der Waals surface area (Å²) in [5.41, 5.74) is 0.689. The van der Waals surface area contributed by atoms with E-state index in [2.05, 4.69) is 0 Å². The summed E-state index contributed by atoms with van der Waals surface area (Å²) in [6.45, 7) is 1.78. The average molecular weight is 196 g/mol. The summed E-state index contributed by atoms with van der Waals surface area (Å²) < 4.78 is 5.22. The van der Waals surface area contributed by atoms with Gasteiger partial charge in [0, 0.05) is 13.0 Å². The van der Waals surface area contributed by atoms with Crippen LogP contribution in [0.15, 0.2) is 16.7 Å². The largest absolute Gasteiger partial charge is 0.469 e. The molecule has 1 aromatic rings. The van der Waals surface area contributed by atoms with Crippen molar-refractivity contribution in [1.29, 1.82) is 0 Å². The lowest BCUT2D eigenvalue weighted by Gasteiger charge is -1.99. The highest BCUT2D eigenvalue weighted by molar-refractivity contribution is 5.94. The number of Topliss-reactive ketones (excluding diaryl/α,β-unsaturated/α-hetero) is 1. The molecule has 1 heterocycles. The van der Waals surface area contributed by atoms with Gasteiger partial charge in [-0.3, -0.25) is 4.79 Å². The Morgan fingerprint density at radius 2 is 2.21 bits per heavy atom. The van der Waals surface area contributed by atoms with Gasteiger partial charge in [-0.05, 0) is 25.8 Å². The van der Waals surface area contributed by atoms with E-state index in [9.17, 15) is 4.79 Å². The Labute approximate surface area is 83.7 Å². The molecular weight excluding hydrogens is 180 g/mol. The molecule has 0 aliphatic carbocycles. The lowest BCUT2D eigenvalue weighted by molar-refractivity contribution is 0.101. The second kappa shape index (κ2) is 5.60. The van der Waals surface area contributed by atoms with E-state index in [1.165, 1.54) is 0 Å². The smallest absolute Gasteiger partial charge is 0.163 e. The van der Waals surface area contributed by atoms with Gasteiger partial charge in [-0.1, -0.05) is 6.42 Å². The molecule has 0 spiro atoms. The van der Waals surface area contributed by atoms with Gasteiger partial charge in [-0.15, -0.1) is 0 Å². The Bertz CT molecular complexity index is 288. The van der Waals surface area contributed by atoms with Crippen molar-refractivity contribution in [3.63, 3.8) is 0 Å². The minimum Gasteiger partial charge on any atom is -0.469 e. The Kier molecular flexibility index (Phi) is 4.40. The first-order valence-electron chi connectivity index (χ1n) is 4.94. The average Bonchev–Trinajstić information content (AvgIpc) is 2.60. The molecule has 1 rings (SSSR count). The van der Waals surface area contributed by atoms with Gasteiger partial charge in [0.05, 0.1) is 11.8 Å². The minimum atomic E-state index is 0.0518. The minimum absolute atomic E-state index is 0.0518. The molecule has 1 aromatic heterocycles. The Balaban J connectivity index is 2.42. The molecule has 0 amide bonds. The Hall–Kier alpha value is -1.09. The SMILES string of the molecule is CC(=O)c1ccoc1CCCCCO. The van der Waals surface area contributed by atoms with Crippen LogP contribution in [-0.2, 0) is 6.42 Å². The second-order valence-corrected chi connectivity index (χ2v) is 3.35. The summed E-state index contributed by atoms with van der Waals surface area (Å²) in [4.78, 5) is 11.1. The van der Waals surface area contributed by atoms with E-state index < -0.39 is 0 Å². The van der Waals surface area contributed by atoms with Crippen LogP contribution in [0.1, 0.15) is 42.3 Å². The monoisotopic (exact) mass is 196 g/mol. The highest BCUT2D eigenvalue weighted by atomic mass is 16.3. The normalized spacial score (nSPS) is 10.4. The number of furan rings is 1. The third-order valence-electron chi connectivity index (χ3n) is 2.19. The Morgan fingerprint density at radius 1 is 1.43 bits per heavy atom. The van der Waals surface area contributed by atoms with Crippen molar-refractivity contribution in [1.82, 2.24) is 0 Å². The van der Waals surface area contributed by atoms with Gasteiger partial charge in [0.2, 0.25) is 0 Å². The van der Waals surface area contributed by atoms with Crippen LogP contribution < -0.4 is 0 Å². The number of ketones is 1. The number of aliphatic hydroxyl groups is 1. The molecule has 3 heteroatoms. The molecule has 0 saturated carbocycles. The molecule has 0 unspecified atom stereocenters. The summed E-state index contributed by atoms with van der Waals surface area (Å²) in [6.07, 6.45) is 5.07. The lowest BCUT2D eigenvalue weighted by atomic mass is 10.1. The molecule has 0 aliphatic heterocycles. The summed E-state index contributed by atoms with van der Waals surface area (Å²) >= 11 is 0. The van der Waals surface area contributed by atoms with Crippen LogP contribution in [0.25, 0.3) is 0 Å². The first kappa shape index (κ1) is 11.0. The molecule has 3 nitrogen and oxygen atoms in total. The molecule has 0 atom stereocenters. The van der Waals surface area contributed by atoms with Crippen LogP contribution in [0.3, 0.4) is 0 Å². The summed E-state index contributed by atoms with van der Waals surface area (Å²) in [5.74, 6) is 0.825. The molecule has 0 aliphatic rings. The van der Waals surface area contributed by atoms with Gasteiger partial charge in [-0.2, -0.15) is 0 Å². The maximum Gasteiger partial charge on any atom is 0.163 e. The maximum atomic E-state index is 11.1. The van der Waals surface area contributed by atoms with Crippen LogP contribution in [0, 0.1) is 0 Å². The molecule has 0 bridgehead atoms. The number of unbranched alkanes of at least 4 members (excludes halogenated alkanes) is 2. The molecule has 0 saturated heterocycles. The maximum absolute atomic E-state index is 11.1. The van der Waals surface area contributed by atoms with Crippen molar-refractivity contribution in [3.05, 3.63) is 23.7 Å². The van der Waals surface area contributed by atoms with Gasteiger partial charge in [0.25, 0.3) is 0 Å². The summed E-state index contributed by atoms with van der Waals surface area (Å²) in [5, 5.41) is 8.59. The fourth-order valence-corrected chi connectivity index (χ4v) is 1.42. The zero-order valence-corrected chi connectivity index (χ0v) is 8.45. The molecule has 78 valence electrons. The number of hydrogen-bond donors (Lipinski definition) is 1. The second-order valence-electron chi connectivity index (χ2n) is 3.35. The highest BCUT2D eigenvalue weighted by Crippen LogP contribution is 2.14. The zero-order valence-electron chi connectivity index (χ0n) is 8.45. The third-order valence-corrected chi connectivity index (χ3v) is 2.19. The van der Waals surface area contributed by atoms with Crippen molar-refractivity contribution in [2.24, 2.45) is 0 Å². The van der Waals surface area contributed by atoms with E-state index in [0.29, 0.717) is 5.56 Å². The van der Waals surface area contributed by atoms with E-state index in [4.69, 9.17) is 9.52 Å². The molecule has 1 N–H and O–H groups in total. The van der Waals surface area contributed by atoms with E-state index in [-0.39, 0.29) is 12.4 Å². The van der Waals surface area contributed by atoms with E-state index in [1.54, 1.807) is 19.3 Å². The number of rotatable bonds is 6. The van der Waals surface area contributed by atoms with Gasteiger partial charge in [-0.25, -0.2) is 0 Å². The molecule has 0 radical (unpaired) electrons. The third kappa shape index (κ3) is 3.00. The fourth-order valence-electron chi connectivity index (χ4n) is 1.42. The summed E-state index contributed by atoms with van der Waals surface area (Å²) in [6, 6.07) is 1.71. The highest BCUT2D eigenvalue weighted by Gasteiger charge is 2.09. The number of aliphatic hydroxyl groups excluding tert-OH is 1. The molecule has 0 aromatic carbocycles. The Morgan fingerprint density at radius 3 is 2.86 bits per heavy atom. The quantitative estimate of drug-likeness (QED) is 0.560. The standard InChI is InChI=1S/C11H16O3/c1-9(13)10-6-8-14-11(10)5-3-2-4-7-12/h6,8,12H,2-5,7H2,1H3. The molecule has 0 fully saturated rings. The van der Waals surface area contributed by atoms with Gasteiger partial charge < -0.3 is 9.52 Å². The van der Waals surface area contributed by atoms with Crippen molar-refractivity contribution in [2.75, 3.05) is 6.61 Å². The van der Waals surface area contributed by atoms with Crippen LogP contribution in [0.2, 0.25) is 0 Å². The fraction of sp³-hybridized carbons (Fsp3) is 0.545. The van der Waals surface area contributed by atoms with E-state index in [1.807, 2.05) is 0 Å². The molecular formula is C11H16O3. The first-order chi connectivity index (χ1) is 6.75. The molecule has 14 heavy (non-hydrogen) atoms. The number of aryl methyl sites for hydroxylation is 1. The predicted molar refractivity (Wildman–Crippen MR) is 53.4 cm³/mol. The zero-order chi connectivity index (χ0) is 10.4. The van der Waals surface area contributed by atoms with Crippen molar-refractivity contribution in [3.8, 4) is 0 Å². The van der Waals surface area contributed by atoms with Crippen molar-refractivity contribution < 1.29 is 14.3 Å². The first-order valence-corrected chi connectivity index (χ1v) is 4.94. The van der Waals surface area contributed by atoms with Crippen LogP contribution >= 0.6 is 0 Å². The van der Waals surface area contributed by atoms with Crippen LogP contribution in [0.5, 0.6) is 0 Å². The summed E-state index contributed by atoms with van der Waals surface area (Å²) in [7, 11) is 0. The van der Waals surface area contributed by atoms with Crippen LogP contribution in [-0.4, -0.2) is 17.5 Å². The van der Waals surface area contributed by atoms with Gasteiger partial charge in [0.1, 0.15) is 5.76 Å². The number of carbonyl (C=O) groups excluding carboxylic acids is 1. The number of carbonyl (C=O) groups is 1. The van der Waals surface area contributed by atoms with Crippen LogP contribution in [0.4, 0.5) is 0 Å². The number of hydrogen-bond acceptors (Lipinski definition) is 3. The topological polar surface area (TPSA) is 50.4 Å². The predicted octanol–water partition coefficient (Wildman–Crippen LogP) is 2.19.